The molecule has 1 fully saturated rings. The molecule has 0 radical (unpaired) electrons. The van der Waals surface area contributed by atoms with Crippen molar-refractivity contribution in [1.82, 2.24) is 14.5 Å². The van der Waals surface area contributed by atoms with Crippen molar-refractivity contribution >= 4 is 17.2 Å². The first-order valence-electron chi connectivity index (χ1n) is 5.76. The van der Waals surface area contributed by atoms with E-state index in [1.54, 1.807) is 0 Å². The highest BCUT2D eigenvalue weighted by Crippen LogP contribution is 2.07. The summed E-state index contributed by atoms with van der Waals surface area (Å²) in [4.78, 5) is 7.08. The molecule has 2 rings (SSSR count). The molecule has 0 aliphatic carbocycles. The van der Waals surface area contributed by atoms with Crippen LogP contribution in [-0.4, -0.2) is 51.8 Å². The Morgan fingerprint density at radius 3 is 3.18 bits per heavy atom. The lowest BCUT2D eigenvalue weighted by Gasteiger charge is -2.32. The van der Waals surface area contributed by atoms with Crippen LogP contribution in [0.1, 0.15) is 5.82 Å². The van der Waals surface area contributed by atoms with E-state index in [-0.39, 0.29) is 6.10 Å². The quantitative estimate of drug-likeness (QED) is 0.764. The maximum atomic E-state index is 5.61. The van der Waals surface area contributed by atoms with Crippen LogP contribution in [-0.2, 0) is 18.2 Å². The molecule has 1 unspecified atom stereocenters. The molecule has 5 nitrogen and oxygen atoms in total. The second-order valence-corrected chi connectivity index (χ2v) is 4.74. The van der Waals surface area contributed by atoms with Gasteiger partial charge in [-0.1, -0.05) is 12.2 Å². The van der Waals surface area contributed by atoms with Gasteiger partial charge in [-0.25, -0.2) is 4.98 Å². The van der Waals surface area contributed by atoms with Gasteiger partial charge in [0.1, 0.15) is 16.9 Å². The Morgan fingerprint density at radius 1 is 1.71 bits per heavy atom. The minimum absolute atomic E-state index is 0.0971. The van der Waals surface area contributed by atoms with E-state index in [0.717, 1.165) is 31.9 Å². The highest BCUT2D eigenvalue weighted by molar-refractivity contribution is 7.80. The van der Waals surface area contributed by atoms with Crippen molar-refractivity contribution in [3.8, 4) is 0 Å². The van der Waals surface area contributed by atoms with Crippen LogP contribution in [0, 0.1) is 0 Å². The summed E-state index contributed by atoms with van der Waals surface area (Å²) >= 11 is 4.96. The minimum atomic E-state index is -0.0971. The van der Waals surface area contributed by atoms with Gasteiger partial charge in [-0.15, -0.1) is 0 Å². The lowest BCUT2D eigenvalue weighted by atomic mass is 10.2. The molecule has 2 heterocycles. The molecule has 1 saturated heterocycles. The van der Waals surface area contributed by atoms with Gasteiger partial charge in [0.05, 0.1) is 6.61 Å². The molecule has 0 saturated carbocycles. The predicted molar refractivity (Wildman–Crippen MR) is 69.9 cm³/mol. The minimum Gasteiger partial charge on any atom is -0.391 e. The number of hydrogen-bond donors (Lipinski definition) is 1. The topological polar surface area (TPSA) is 56.3 Å². The smallest absolute Gasteiger partial charge is 0.120 e. The number of imidazole rings is 1. The summed E-state index contributed by atoms with van der Waals surface area (Å²) in [7, 11) is 2.01. The first-order chi connectivity index (χ1) is 8.16. The maximum Gasteiger partial charge on any atom is 0.120 e. The van der Waals surface area contributed by atoms with Crippen LogP contribution in [0.15, 0.2) is 12.4 Å². The van der Waals surface area contributed by atoms with Crippen LogP contribution in [0.25, 0.3) is 0 Å². The van der Waals surface area contributed by atoms with Crippen molar-refractivity contribution in [1.29, 1.82) is 0 Å². The third kappa shape index (κ3) is 3.24. The van der Waals surface area contributed by atoms with Crippen molar-refractivity contribution in [3.05, 3.63) is 18.2 Å². The number of ether oxygens (including phenoxy) is 1. The third-order valence-electron chi connectivity index (χ3n) is 3.04. The lowest BCUT2D eigenvalue weighted by molar-refractivity contribution is 0.00751. The normalized spacial score (nSPS) is 21.6. The van der Waals surface area contributed by atoms with E-state index in [9.17, 15) is 0 Å². The van der Waals surface area contributed by atoms with Gasteiger partial charge in [0.15, 0.2) is 0 Å². The van der Waals surface area contributed by atoms with Gasteiger partial charge < -0.3 is 15.0 Å². The standard InChI is InChI=1S/C11H18N4OS/c1-14-5-3-13-10(14)2-4-15-6-7-16-9(8-15)11(12)17/h3,5,9H,2,4,6-8H2,1H3,(H2,12,17). The molecule has 1 aliphatic rings. The van der Waals surface area contributed by atoms with Gasteiger partial charge >= 0.3 is 0 Å². The summed E-state index contributed by atoms with van der Waals surface area (Å²) in [5.41, 5.74) is 5.61. The Hall–Kier alpha value is -0.980. The van der Waals surface area contributed by atoms with Crippen molar-refractivity contribution in [2.45, 2.75) is 12.5 Å². The second-order valence-electron chi connectivity index (χ2n) is 4.27. The summed E-state index contributed by atoms with van der Waals surface area (Å²) in [6.45, 7) is 3.39. The number of rotatable bonds is 4. The van der Waals surface area contributed by atoms with Gasteiger partial charge in [-0.2, -0.15) is 0 Å². The summed E-state index contributed by atoms with van der Waals surface area (Å²) in [6.07, 6.45) is 4.63. The fourth-order valence-electron chi connectivity index (χ4n) is 1.97. The average Bonchev–Trinajstić information content (AvgIpc) is 2.72. The second kappa shape index (κ2) is 5.57. The maximum absolute atomic E-state index is 5.61. The van der Waals surface area contributed by atoms with E-state index >= 15 is 0 Å². The predicted octanol–water partition coefficient (Wildman–Crippen LogP) is -0.0505. The molecule has 0 amide bonds. The highest BCUT2D eigenvalue weighted by Gasteiger charge is 2.22. The van der Waals surface area contributed by atoms with E-state index in [1.165, 1.54) is 0 Å². The molecule has 1 aliphatic heterocycles. The Labute approximate surface area is 107 Å². The average molecular weight is 254 g/mol. The summed E-state index contributed by atoms with van der Waals surface area (Å²) in [5.74, 6) is 1.10. The monoisotopic (exact) mass is 254 g/mol. The Kier molecular flexibility index (Phi) is 4.09. The first-order valence-corrected chi connectivity index (χ1v) is 6.17. The molecule has 17 heavy (non-hydrogen) atoms. The van der Waals surface area contributed by atoms with Crippen LogP contribution in [0.2, 0.25) is 0 Å². The molecule has 94 valence electrons. The van der Waals surface area contributed by atoms with Crippen molar-refractivity contribution in [3.63, 3.8) is 0 Å². The van der Waals surface area contributed by atoms with E-state index in [0.29, 0.717) is 11.6 Å². The van der Waals surface area contributed by atoms with Gasteiger partial charge in [-0.05, 0) is 0 Å². The van der Waals surface area contributed by atoms with Gasteiger partial charge in [0, 0.05) is 45.5 Å². The summed E-state index contributed by atoms with van der Waals surface area (Å²) in [5, 5.41) is 0. The van der Waals surface area contributed by atoms with Crippen LogP contribution < -0.4 is 5.73 Å². The Bertz CT molecular complexity index is 393. The van der Waals surface area contributed by atoms with E-state index < -0.39 is 0 Å². The van der Waals surface area contributed by atoms with Gasteiger partial charge in [0.25, 0.3) is 0 Å². The van der Waals surface area contributed by atoms with Gasteiger partial charge in [0.2, 0.25) is 0 Å². The molecule has 2 N–H and O–H groups in total. The number of thiocarbonyl (C=S) groups is 1. The molecular formula is C11H18N4OS. The zero-order valence-corrected chi connectivity index (χ0v) is 10.8. The number of hydrogen-bond acceptors (Lipinski definition) is 4. The largest absolute Gasteiger partial charge is 0.391 e. The Balaban J connectivity index is 1.83. The van der Waals surface area contributed by atoms with Crippen LogP contribution in [0.4, 0.5) is 0 Å². The zero-order chi connectivity index (χ0) is 12.3. The molecule has 1 aromatic rings. The van der Waals surface area contributed by atoms with Crippen molar-refractivity contribution in [2.24, 2.45) is 12.8 Å². The van der Waals surface area contributed by atoms with E-state index in [2.05, 4.69) is 9.88 Å². The summed E-state index contributed by atoms with van der Waals surface area (Å²) < 4.78 is 7.55. The van der Waals surface area contributed by atoms with Crippen molar-refractivity contribution in [2.75, 3.05) is 26.2 Å². The number of nitrogens with zero attached hydrogens (tertiary/aromatic N) is 3. The SMILES string of the molecule is Cn1ccnc1CCN1CCOC(C(N)=S)C1. The van der Waals surface area contributed by atoms with Gasteiger partial charge in [-0.3, -0.25) is 4.90 Å². The third-order valence-corrected chi connectivity index (χ3v) is 3.30. The van der Waals surface area contributed by atoms with E-state index in [4.69, 9.17) is 22.7 Å². The number of aryl methyl sites for hydroxylation is 1. The molecule has 1 aromatic heterocycles. The number of morpholine rings is 1. The fraction of sp³-hybridized carbons (Fsp3) is 0.636. The fourth-order valence-corrected chi connectivity index (χ4v) is 2.12. The zero-order valence-electron chi connectivity index (χ0n) is 10.0. The number of aromatic nitrogens is 2. The van der Waals surface area contributed by atoms with Crippen LogP contribution >= 0.6 is 12.2 Å². The molecule has 0 bridgehead atoms. The van der Waals surface area contributed by atoms with E-state index in [1.807, 2.05) is 24.0 Å². The molecule has 0 aromatic carbocycles. The molecule has 6 heteroatoms. The number of nitrogens with two attached hydrogens (primary N) is 1. The first kappa shape index (κ1) is 12.5. The molecular weight excluding hydrogens is 236 g/mol. The van der Waals surface area contributed by atoms with Crippen LogP contribution in [0.5, 0.6) is 0 Å². The lowest BCUT2D eigenvalue weighted by Crippen LogP contribution is -2.48. The molecule has 0 spiro atoms. The summed E-state index contributed by atoms with van der Waals surface area (Å²) in [6, 6.07) is 0. The van der Waals surface area contributed by atoms with Crippen molar-refractivity contribution < 1.29 is 4.74 Å². The highest BCUT2D eigenvalue weighted by atomic mass is 32.1. The Morgan fingerprint density at radius 2 is 2.53 bits per heavy atom. The van der Waals surface area contributed by atoms with Crippen LogP contribution in [0.3, 0.4) is 0 Å². The molecule has 1 atom stereocenters.